The maximum absolute atomic E-state index is 14.3. The van der Waals surface area contributed by atoms with Crippen molar-refractivity contribution in [2.75, 3.05) is 38.1 Å². The number of nitrogens with zero attached hydrogens (tertiary/aromatic N) is 3. The number of fused-ring (bicyclic) bond motifs is 3. The lowest BCUT2D eigenvalue weighted by Crippen LogP contribution is -2.53. The molecule has 0 bridgehead atoms. The fraction of sp³-hybridized carbons (Fsp3) is 0.520. The highest BCUT2D eigenvalue weighted by atomic mass is 19.3. The van der Waals surface area contributed by atoms with Crippen LogP contribution in [0.5, 0.6) is 0 Å². The SMILES string of the molecule is C[C@@H](C(=O)N(C)c1ccc2cc(-c3n[nH]c4c3C[C@@H]3C(F)(F)[C@]3(C)C4)[nH]c2c1)N1CCNCC1. The Morgan fingerprint density at radius 1 is 1.26 bits per heavy atom. The third-order valence-corrected chi connectivity index (χ3v) is 8.43. The first-order chi connectivity index (χ1) is 16.2. The molecular weight excluding hydrogens is 438 g/mol. The zero-order chi connectivity index (χ0) is 23.8. The molecule has 1 saturated carbocycles. The normalized spacial score (nSPS) is 26.7. The minimum Gasteiger partial charge on any atom is -0.353 e. The van der Waals surface area contributed by atoms with Gasteiger partial charge in [0.15, 0.2) is 0 Å². The standard InChI is InChI=1S/C25H30F2N6O/c1-14(33-8-6-28-7-9-33)23(34)32(3)16-5-4-15-10-19(29-18(15)11-16)22-17-12-21-24(2,25(21,26)27)13-20(17)30-31-22/h4-5,10-11,14,21,28-29H,6-9,12-13H2,1-3H3,(H,30,31)/t14-,21-,24+/m0/s1. The van der Waals surface area contributed by atoms with E-state index in [0.29, 0.717) is 18.5 Å². The molecule has 0 unspecified atom stereocenters. The van der Waals surface area contributed by atoms with Gasteiger partial charge in [-0.3, -0.25) is 14.8 Å². The van der Waals surface area contributed by atoms with Gasteiger partial charge in [0.05, 0.1) is 11.7 Å². The number of hydrogen-bond donors (Lipinski definition) is 3. The Labute approximate surface area is 196 Å². The van der Waals surface area contributed by atoms with Crippen molar-refractivity contribution in [3.05, 3.63) is 35.5 Å². The Morgan fingerprint density at radius 2 is 2.03 bits per heavy atom. The lowest BCUT2D eigenvalue weighted by Gasteiger charge is -2.34. The van der Waals surface area contributed by atoms with E-state index in [1.54, 1.807) is 11.8 Å². The minimum atomic E-state index is -2.61. The second-order valence-electron chi connectivity index (χ2n) is 10.3. The number of alkyl halides is 2. The highest BCUT2D eigenvalue weighted by Gasteiger charge is 2.78. The van der Waals surface area contributed by atoms with Crippen LogP contribution in [0.2, 0.25) is 0 Å². The first-order valence-electron chi connectivity index (χ1n) is 12.0. The van der Waals surface area contributed by atoms with Crippen LogP contribution in [-0.2, 0) is 17.6 Å². The van der Waals surface area contributed by atoms with Gasteiger partial charge in [0.25, 0.3) is 5.92 Å². The van der Waals surface area contributed by atoms with Crippen LogP contribution in [0.15, 0.2) is 24.3 Å². The Morgan fingerprint density at radius 3 is 2.79 bits per heavy atom. The predicted octanol–water partition coefficient (Wildman–Crippen LogP) is 3.18. The lowest BCUT2D eigenvalue weighted by molar-refractivity contribution is -0.123. The number of nitrogens with one attached hydrogen (secondary N) is 3. The molecule has 3 heterocycles. The van der Waals surface area contributed by atoms with Gasteiger partial charge in [-0.05, 0) is 31.5 Å². The number of carbonyl (C=O) groups is 1. The Bertz CT molecular complexity index is 1280. The molecule has 1 saturated heterocycles. The predicted molar refractivity (Wildman–Crippen MR) is 127 cm³/mol. The molecule has 2 fully saturated rings. The molecule has 34 heavy (non-hydrogen) atoms. The highest BCUT2D eigenvalue weighted by molar-refractivity contribution is 5.98. The molecule has 180 valence electrons. The molecule has 2 aliphatic carbocycles. The second-order valence-corrected chi connectivity index (χ2v) is 10.3. The summed E-state index contributed by atoms with van der Waals surface area (Å²) < 4.78 is 28.6. The number of H-pyrrole nitrogens is 2. The van der Waals surface area contributed by atoms with E-state index in [1.807, 2.05) is 38.2 Å². The van der Waals surface area contributed by atoms with Gasteiger partial charge in [-0.1, -0.05) is 13.0 Å². The van der Waals surface area contributed by atoms with Crippen LogP contribution < -0.4 is 10.2 Å². The minimum absolute atomic E-state index is 0.0582. The first-order valence-corrected chi connectivity index (χ1v) is 12.0. The molecule has 6 rings (SSSR count). The lowest BCUT2D eigenvalue weighted by atomic mass is 9.87. The zero-order valence-corrected chi connectivity index (χ0v) is 19.7. The summed E-state index contributed by atoms with van der Waals surface area (Å²) in [5.41, 5.74) is 3.98. The van der Waals surface area contributed by atoms with E-state index in [1.165, 1.54) is 0 Å². The molecule has 0 radical (unpaired) electrons. The van der Waals surface area contributed by atoms with Crippen molar-refractivity contribution < 1.29 is 13.6 Å². The van der Waals surface area contributed by atoms with E-state index in [9.17, 15) is 13.6 Å². The number of halogens is 2. The quantitative estimate of drug-likeness (QED) is 0.550. The van der Waals surface area contributed by atoms with Crippen LogP contribution in [0, 0.1) is 11.3 Å². The van der Waals surface area contributed by atoms with Gasteiger partial charge in [0.1, 0.15) is 5.69 Å². The molecule has 2 aromatic heterocycles. The maximum Gasteiger partial charge on any atom is 0.258 e. The molecule has 7 nitrogen and oxygen atoms in total. The molecular formula is C25H30F2N6O. The van der Waals surface area contributed by atoms with Gasteiger partial charge in [-0.25, -0.2) is 8.78 Å². The molecule has 1 aliphatic heterocycles. The van der Waals surface area contributed by atoms with Crippen molar-refractivity contribution in [2.24, 2.45) is 11.3 Å². The average molecular weight is 469 g/mol. The first kappa shape index (κ1) is 21.7. The summed E-state index contributed by atoms with van der Waals surface area (Å²) in [6, 6.07) is 7.70. The third-order valence-electron chi connectivity index (χ3n) is 8.43. The van der Waals surface area contributed by atoms with Gasteiger partial charge in [-0.15, -0.1) is 0 Å². The summed E-state index contributed by atoms with van der Waals surface area (Å²) in [5, 5.41) is 11.8. The van der Waals surface area contributed by atoms with Crippen molar-refractivity contribution in [1.82, 2.24) is 25.4 Å². The van der Waals surface area contributed by atoms with Gasteiger partial charge in [-0.2, -0.15) is 5.10 Å². The van der Waals surface area contributed by atoms with E-state index >= 15 is 0 Å². The number of aromatic nitrogens is 3. The number of piperazine rings is 1. The maximum atomic E-state index is 14.3. The van der Waals surface area contributed by atoms with Crippen molar-refractivity contribution >= 4 is 22.5 Å². The van der Waals surface area contributed by atoms with Crippen molar-refractivity contribution in [2.45, 2.75) is 38.7 Å². The van der Waals surface area contributed by atoms with E-state index in [0.717, 1.165) is 59.7 Å². The average Bonchev–Trinajstić information content (AvgIpc) is 3.24. The van der Waals surface area contributed by atoms with Gasteiger partial charge < -0.3 is 15.2 Å². The summed E-state index contributed by atoms with van der Waals surface area (Å²) in [4.78, 5) is 20.4. The van der Waals surface area contributed by atoms with Gasteiger partial charge in [0, 0.05) is 78.8 Å². The number of aromatic amines is 2. The Hall–Kier alpha value is -2.78. The number of rotatable bonds is 4. The Balaban J connectivity index is 1.26. The molecule has 0 spiro atoms. The van der Waals surface area contributed by atoms with E-state index < -0.39 is 17.3 Å². The fourth-order valence-electron chi connectivity index (χ4n) is 5.91. The number of likely N-dealkylation sites (N-methyl/N-ethyl adjacent to an activating group) is 1. The summed E-state index contributed by atoms with van der Waals surface area (Å²) in [6.45, 7) is 7.15. The summed E-state index contributed by atoms with van der Waals surface area (Å²) in [6.07, 6.45) is 0.669. The van der Waals surface area contributed by atoms with Crippen molar-refractivity contribution in [3.63, 3.8) is 0 Å². The number of anilines is 1. The van der Waals surface area contributed by atoms with Crippen LogP contribution >= 0.6 is 0 Å². The third kappa shape index (κ3) is 3.06. The topological polar surface area (TPSA) is 80.0 Å². The molecule has 3 aromatic rings. The van der Waals surface area contributed by atoms with Crippen LogP contribution in [0.25, 0.3) is 22.3 Å². The number of benzene rings is 1. The van der Waals surface area contributed by atoms with Crippen LogP contribution in [0.3, 0.4) is 0 Å². The highest BCUT2D eigenvalue weighted by Crippen LogP contribution is 2.70. The van der Waals surface area contributed by atoms with Crippen molar-refractivity contribution in [3.8, 4) is 11.4 Å². The van der Waals surface area contributed by atoms with Crippen molar-refractivity contribution in [1.29, 1.82) is 0 Å². The molecule has 1 amide bonds. The Kier molecular flexibility index (Phi) is 4.70. The molecule has 1 aromatic carbocycles. The van der Waals surface area contributed by atoms with E-state index in [-0.39, 0.29) is 11.9 Å². The largest absolute Gasteiger partial charge is 0.353 e. The molecule has 3 N–H and O–H groups in total. The van der Waals surface area contributed by atoms with E-state index in [4.69, 9.17) is 0 Å². The van der Waals surface area contributed by atoms with Crippen LogP contribution in [0.4, 0.5) is 14.5 Å². The zero-order valence-electron chi connectivity index (χ0n) is 19.7. The second kappa shape index (κ2) is 7.36. The number of hydrogen-bond acceptors (Lipinski definition) is 4. The fourth-order valence-corrected chi connectivity index (χ4v) is 5.91. The van der Waals surface area contributed by atoms with Gasteiger partial charge >= 0.3 is 0 Å². The monoisotopic (exact) mass is 468 g/mol. The summed E-state index contributed by atoms with van der Waals surface area (Å²) in [5.74, 6) is -3.17. The summed E-state index contributed by atoms with van der Waals surface area (Å²) in [7, 11) is 1.81. The van der Waals surface area contributed by atoms with Gasteiger partial charge in [0.2, 0.25) is 5.91 Å². The molecule has 3 aliphatic rings. The molecule has 9 heteroatoms. The van der Waals surface area contributed by atoms with Crippen LogP contribution in [-0.4, -0.2) is 71.2 Å². The van der Waals surface area contributed by atoms with E-state index in [2.05, 4.69) is 25.4 Å². The number of carbonyl (C=O) groups excluding carboxylic acids is 1. The van der Waals surface area contributed by atoms with Crippen LogP contribution in [0.1, 0.15) is 25.1 Å². The summed E-state index contributed by atoms with van der Waals surface area (Å²) >= 11 is 0. The smallest absolute Gasteiger partial charge is 0.258 e. The number of amides is 1. The molecule has 3 atom stereocenters.